The van der Waals surface area contributed by atoms with Gasteiger partial charge in [-0.25, -0.2) is 0 Å². The molecule has 0 saturated heterocycles. The Morgan fingerprint density at radius 1 is 0.941 bits per heavy atom. The van der Waals surface area contributed by atoms with Gasteiger partial charge in [-0.3, -0.25) is 0 Å². The molecular weight excluding hydrogens is 251 g/mol. The number of hydrogen-bond acceptors (Lipinski definition) is 0. The van der Waals surface area contributed by atoms with Crippen LogP contribution in [0.5, 0.6) is 0 Å². The van der Waals surface area contributed by atoms with E-state index in [1.807, 2.05) is 12.1 Å². The van der Waals surface area contributed by atoms with E-state index in [0.717, 1.165) is 22.9 Å². The van der Waals surface area contributed by atoms with Crippen molar-refractivity contribution in [3.63, 3.8) is 0 Å². The van der Waals surface area contributed by atoms with E-state index < -0.39 is 0 Å². The number of fused-ring (bicyclic) bond motifs is 1. The highest BCUT2D eigenvalue weighted by Gasteiger charge is 2.23. The van der Waals surface area contributed by atoms with Crippen LogP contribution in [0.2, 0.25) is 10.0 Å². The van der Waals surface area contributed by atoms with Crippen molar-refractivity contribution < 1.29 is 0 Å². The molecule has 0 radical (unpaired) electrons. The number of hydrogen-bond donors (Lipinski definition) is 0. The maximum atomic E-state index is 6.07. The van der Waals surface area contributed by atoms with Crippen LogP contribution in [-0.2, 0) is 6.42 Å². The molecule has 0 N–H and O–H groups in total. The van der Waals surface area contributed by atoms with Crippen molar-refractivity contribution in [3.8, 4) is 0 Å². The average molecular weight is 263 g/mol. The van der Waals surface area contributed by atoms with E-state index in [2.05, 4.69) is 24.3 Å². The lowest BCUT2D eigenvalue weighted by Gasteiger charge is -2.13. The molecule has 1 aliphatic carbocycles. The largest absolute Gasteiger partial charge is 0.0843 e. The van der Waals surface area contributed by atoms with Crippen LogP contribution in [0.4, 0.5) is 0 Å². The first-order valence-corrected chi connectivity index (χ1v) is 6.53. The monoisotopic (exact) mass is 262 g/mol. The van der Waals surface area contributed by atoms with E-state index in [1.54, 1.807) is 6.07 Å². The van der Waals surface area contributed by atoms with Crippen LogP contribution in [0.15, 0.2) is 42.5 Å². The van der Waals surface area contributed by atoms with Gasteiger partial charge in [0.2, 0.25) is 0 Å². The van der Waals surface area contributed by atoms with Crippen LogP contribution in [0, 0.1) is 0 Å². The lowest BCUT2D eigenvalue weighted by Crippen LogP contribution is -1.96. The van der Waals surface area contributed by atoms with Crippen LogP contribution in [0.25, 0.3) is 0 Å². The zero-order chi connectivity index (χ0) is 11.8. The van der Waals surface area contributed by atoms with Crippen molar-refractivity contribution in [2.75, 3.05) is 0 Å². The SMILES string of the molecule is Clc1cc(Cl)cc(C2CCc3ccccc32)c1. The second kappa shape index (κ2) is 4.36. The van der Waals surface area contributed by atoms with Crippen molar-refractivity contribution in [1.82, 2.24) is 0 Å². The fourth-order valence-corrected chi connectivity index (χ4v) is 3.22. The van der Waals surface area contributed by atoms with Crippen LogP contribution < -0.4 is 0 Å². The van der Waals surface area contributed by atoms with Gasteiger partial charge in [-0.05, 0) is 47.7 Å². The fraction of sp³-hybridized carbons (Fsp3) is 0.200. The summed E-state index contributed by atoms with van der Waals surface area (Å²) in [5, 5.41) is 1.44. The second-order valence-corrected chi connectivity index (χ2v) is 5.37. The van der Waals surface area contributed by atoms with Crippen LogP contribution in [0.1, 0.15) is 29.0 Å². The molecule has 17 heavy (non-hydrogen) atoms. The molecule has 3 rings (SSSR count). The van der Waals surface area contributed by atoms with Gasteiger partial charge in [0, 0.05) is 16.0 Å². The summed E-state index contributed by atoms with van der Waals surface area (Å²) in [6.45, 7) is 0. The Labute approximate surface area is 111 Å². The van der Waals surface area contributed by atoms with Crippen LogP contribution >= 0.6 is 23.2 Å². The molecule has 0 bridgehead atoms. The molecule has 1 aliphatic rings. The van der Waals surface area contributed by atoms with E-state index >= 15 is 0 Å². The van der Waals surface area contributed by atoms with Crippen LogP contribution in [-0.4, -0.2) is 0 Å². The van der Waals surface area contributed by atoms with Gasteiger partial charge in [0.1, 0.15) is 0 Å². The smallest absolute Gasteiger partial charge is 0.0423 e. The van der Waals surface area contributed by atoms with Crippen molar-refractivity contribution in [1.29, 1.82) is 0 Å². The van der Waals surface area contributed by atoms with E-state index in [-0.39, 0.29) is 0 Å². The Balaban J connectivity index is 2.06. The highest BCUT2D eigenvalue weighted by molar-refractivity contribution is 6.34. The van der Waals surface area contributed by atoms with Crippen molar-refractivity contribution in [3.05, 3.63) is 69.2 Å². The standard InChI is InChI=1S/C15H12Cl2/c16-12-7-11(8-13(17)9-12)15-6-5-10-3-1-2-4-14(10)15/h1-4,7-9,15H,5-6H2. The summed E-state index contributed by atoms with van der Waals surface area (Å²) in [6.07, 6.45) is 2.29. The maximum Gasteiger partial charge on any atom is 0.0423 e. The molecule has 1 unspecified atom stereocenters. The van der Waals surface area contributed by atoms with Gasteiger partial charge < -0.3 is 0 Å². The third-order valence-corrected chi connectivity index (χ3v) is 3.86. The predicted molar refractivity (Wildman–Crippen MR) is 73.1 cm³/mol. The quantitative estimate of drug-likeness (QED) is 0.673. The first kappa shape index (κ1) is 11.1. The van der Waals surface area contributed by atoms with Crippen molar-refractivity contribution in [2.45, 2.75) is 18.8 Å². The molecule has 0 aromatic heterocycles. The molecule has 1 atom stereocenters. The number of rotatable bonds is 1. The summed E-state index contributed by atoms with van der Waals surface area (Å²) in [7, 11) is 0. The number of aryl methyl sites for hydroxylation is 1. The summed E-state index contributed by atoms with van der Waals surface area (Å²) in [5.74, 6) is 0.447. The summed E-state index contributed by atoms with van der Waals surface area (Å²) >= 11 is 12.1. The summed E-state index contributed by atoms with van der Waals surface area (Å²) in [5.41, 5.74) is 4.10. The Bertz CT molecular complexity index is 540. The minimum Gasteiger partial charge on any atom is -0.0843 e. The van der Waals surface area contributed by atoms with E-state index in [1.165, 1.54) is 16.7 Å². The lowest BCUT2D eigenvalue weighted by molar-refractivity contribution is 0.788. The molecule has 0 fully saturated rings. The minimum atomic E-state index is 0.447. The summed E-state index contributed by atoms with van der Waals surface area (Å²) in [6, 6.07) is 14.5. The number of benzene rings is 2. The van der Waals surface area contributed by atoms with Gasteiger partial charge >= 0.3 is 0 Å². The van der Waals surface area contributed by atoms with Gasteiger partial charge in [0.25, 0.3) is 0 Å². The van der Waals surface area contributed by atoms with E-state index in [0.29, 0.717) is 5.92 Å². The Hall–Kier alpha value is -0.980. The Morgan fingerprint density at radius 2 is 1.65 bits per heavy atom. The Kier molecular flexibility index (Phi) is 2.85. The molecule has 0 amide bonds. The lowest BCUT2D eigenvalue weighted by atomic mass is 9.93. The highest BCUT2D eigenvalue weighted by atomic mass is 35.5. The van der Waals surface area contributed by atoms with E-state index in [4.69, 9.17) is 23.2 Å². The van der Waals surface area contributed by atoms with Gasteiger partial charge in [0.05, 0.1) is 0 Å². The van der Waals surface area contributed by atoms with Crippen molar-refractivity contribution in [2.24, 2.45) is 0 Å². The first-order chi connectivity index (χ1) is 8.24. The third-order valence-electron chi connectivity index (χ3n) is 3.42. The van der Waals surface area contributed by atoms with Gasteiger partial charge in [0.15, 0.2) is 0 Å². The third kappa shape index (κ3) is 2.08. The zero-order valence-electron chi connectivity index (χ0n) is 9.29. The second-order valence-electron chi connectivity index (χ2n) is 4.49. The molecule has 2 heteroatoms. The number of halogens is 2. The summed E-state index contributed by atoms with van der Waals surface area (Å²) < 4.78 is 0. The molecule has 0 saturated carbocycles. The maximum absolute atomic E-state index is 6.07. The topological polar surface area (TPSA) is 0 Å². The fourth-order valence-electron chi connectivity index (χ4n) is 2.68. The molecule has 0 nitrogen and oxygen atoms in total. The molecule has 0 spiro atoms. The molecule has 0 heterocycles. The average Bonchev–Trinajstić information content (AvgIpc) is 2.71. The highest BCUT2D eigenvalue weighted by Crippen LogP contribution is 2.39. The normalized spacial score (nSPS) is 18.1. The summed E-state index contributed by atoms with van der Waals surface area (Å²) in [4.78, 5) is 0. The van der Waals surface area contributed by atoms with Crippen LogP contribution in [0.3, 0.4) is 0 Å². The molecule has 2 aromatic carbocycles. The first-order valence-electron chi connectivity index (χ1n) is 5.78. The van der Waals surface area contributed by atoms with Gasteiger partial charge in [-0.1, -0.05) is 47.5 Å². The minimum absolute atomic E-state index is 0.447. The Morgan fingerprint density at radius 3 is 2.41 bits per heavy atom. The molecule has 2 aromatic rings. The van der Waals surface area contributed by atoms with Gasteiger partial charge in [-0.15, -0.1) is 0 Å². The predicted octanol–water partition coefficient (Wildman–Crippen LogP) is 5.07. The van der Waals surface area contributed by atoms with Gasteiger partial charge in [-0.2, -0.15) is 0 Å². The van der Waals surface area contributed by atoms with E-state index in [9.17, 15) is 0 Å². The molecule has 86 valence electrons. The molecular formula is C15H12Cl2. The molecule has 0 aliphatic heterocycles. The zero-order valence-corrected chi connectivity index (χ0v) is 10.8. The van der Waals surface area contributed by atoms with Crippen molar-refractivity contribution >= 4 is 23.2 Å².